The van der Waals surface area contributed by atoms with Crippen LogP contribution in [0.15, 0.2) is 30.3 Å². The Morgan fingerprint density at radius 1 is 1.45 bits per heavy atom. The molecule has 4 heteroatoms. The smallest absolute Gasteiger partial charge is 0.258 e. The van der Waals surface area contributed by atoms with Gasteiger partial charge in [0.2, 0.25) is 0 Å². The maximum Gasteiger partial charge on any atom is 0.258 e. The SMILES string of the molecule is CC1CCCC(O)(CNC(=O)COc2ccccc2)C1. The first kappa shape index (κ1) is 14.9. The molecule has 0 radical (unpaired) electrons. The molecule has 1 aliphatic carbocycles. The molecule has 2 rings (SSSR count). The second-order valence-corrected chi connectivity index (χ2v) is 5.80. The van der Waals surface area contributed by atoms with E-state index in [0.29, 0.717) is 18.2 Å². The van der Waals surface area contributed by atoms with Crippen LogP contribution in [0.3, 0.4) is 0 Å². The van der Waals surface area contributed by atoms with Crippen molar-refractivity contribution in [3.63, 3.8) is 0 Å². The fourth-order valence-corrected chi connectivity index (χ4v) is 2.77. The number of carbonyl (C=O) groups excluding carboxylic acids is 1. The van der Waals surface area contributed by atoms with E-state index in [9.17, 15) is 9.90 Å². The summed E-state index contributed by atoms with van der Waals surface area (Å²) in [5.41, 5.74) is -0.750. The topological polar surface area (TPSA) is 58.6 Å². The number of hydrogen-bond donors (Lipinski definition) is 2. The van der Waals surface area contributed by atoms with Crippen LogP contribution >= 0.6 is 0 Å². The van der Waals surface area contributed by atoms with E-state index in [2.05, 4.69) is 12.2 Å². The average Bonchev–Trinajstić information content (AvgIpc) is 2.44. The molecule has 1 aromatic rings. The van der Waals surface area contributed by atoms with E-state index in [0.717, 1.165) is 25.7 Å². The minimum Gasteiger partial charge on any atom is -0.484 e. The lowest BCUT2D eigenvalue weighted by atomic mass is 9.79. The lowest BCUT2D eigenvalue weighted by Crippen LogP contribution is -2.46. The summed E-state index contributed by atoms with van der Waals surface area (Å²) in [7, 11) is 0. The van der Waals surface area contributed by atoms with Crippen molar-refractivity contribution in [1.82, 2.24) is 5.32 Å². The van der Waals surface area contributed by atoms with Crippen LogP contribution in [0.4, 0.5) is 0 Å². The van der Waals surface area contributed by atoms with Gasteiger partial charge >= 0.3 is 0 Å². The summed E-state index contributed by atoms with van der Waals surface area (Å²) in [6.07, 6.45) is 3.70. The Bertz CT molecular complexity index is 435. The first-order valence-electron chi connectivity index (χ1n) is 7.24. The number of aliphatic hydroxyl groups is 1. The molecule has 1 aliphatic rings. The third-order valence-electron chi connectivity index (χ3n) is 3.80. The Balaban J connectivity index is 1.72. The quantitative estimate of drug-likeness (QED) is 0.866. The molecule has 2 atom stereocenters. The number of hydrogen-bond acceptors (Lipinski definition) is 3. The molecule has 0 heterocycles. The molecule has 0 aliphatic heterocycles. The molecule has 0 spiro atoms. The fourth-order valence-electron chi connectivity index (χ4n) is 2.77. The molecule has 1 amide bonds. The van der Waals surface area contributed by atoms with E-state index in [1.807, 2.05) is 30.3 Å². The zero-order valence-corrected chi connectivity index (χ0v) is 12.0. The third-order valence-corrected chi connectivity index (χ3v) is 3.80. The Morgan fingerprint density at radius 2 is 2.20 bits per heavy atom. The summed E-state index contributed by atoms with van der Waals surface area (Å²) < 4.78 is 5.37. The van der Waals surface area contributed by atoms with E-state index in [-0.39, 0.29) is 12.5 Å². The molecule has 2 N–H and O–H groups in total. The molecule has 20 heavy (non-hydrogen) atoms. The molecular weight excluding hydrogens is 254 g/mol. The summed E-state index contributed by atoms with van der Waals surface area (Å²) in [6.45, 7) is 2.44. The highest BCUT2D eigenvalue weighted by Crippen LogP contribution is 2.31. The second-order valence-electron chi connectivity index (χ2n) is 5.80. The summed E-state index contributed by atoms with van der Waals surface area (Å²) in [5.74, 6) is 0.999. The summed E-state index contributed by atoms with van der Waals surface area (Å²) in [5, 5.41) is 13.2. The second kappa shape index (κ2) is 6.75. The van der Waals surface area contributed by atoms with E-state index in [1.165, 1.54) is 0 Å². The Labute approximate surface area is 120 Å². The predicted molar refractivity (Wildman–Crippen MR) is 77.5 cm³/mol. The lowest BCUT2D eigenvalue weighted by Gasteiger charge is -2.35. The number of para-hydroxylation sites is 1. The highest BCUT2D eigenvalue weighted by Gasteiger charge is 2.32. The van der Waals surface area contributed by atoms with Crippen LogP contribution in [0.5, 0.6) is 5.75 Å². The van der Waals surface area contributed by atoms with E-state index in [1.54, 1.807) is 0 Å². The fraction of sp³-hybridized carbons (Fsp3) is 0.562. The highest BCUT2D eigenvalue weighted by molar-refractivity contribution is 5.77. The molecule has 110 valence electrons. The molecule has 0 aromatic heterocycles. The Kier molecular flexibility index (Phi) is 5.01. The number of nitrogens with one attached hydrogen (secondary N) is 1. The van der Waals surface area contributed by atoms with Gasteiger partial charge in [0.05, 0.1) is 5.60 Å². The molecule has 1 saturated carbocycles. The van der Waals surface area contributed by atoms with Gasteiger partial charge in [-0.25, -0.2) is 0 Å². The van der Waals surface area contributed by atoms with E-state index < -0.39 is 5.60 Å². The van der Waals surface area contributed by atoms with Gasteiger partial charge in [-0.15, -0.1) is 0 Å². The van der Waals surface area contributed by atoms with Crippen molar-refractivity contribution in [2.75, 3.05) is 13.2 Å². The van der Waals surface area contributed by atoms with Gasteiger partial charge in [-0.3, -0.25) is 4.79 Å². The van der Waals surface area contributed by atoms with Crippen molar-refractivity contribution in [2.45, 2.75) is 38.2 Å². The molecule has 0 bridgehead atoms. The van der Waals surface area contributed by atoms with Crippen molar-refractivity contribution in [1.29, 1.82) is 0 Å². The third kappa shape index (κ3) is 4.53. The lowest BCUT2D eigenvalue weighted by molar-refractivity contribution is -0.125. The first-order chi connectivity index (χ1) is 9.57. The summed E-state index contributed by atoms with van der Waals surface area (Å²) in [4.78, 5) is 11.7. The van der Waals surface area contributed by atoms with Crippen molar-refractivity contribution < 1.29 is 14.6 Å². The number of carbonyl (C=O) groups is 1. The van der Waals surface area contributed by atoms with Gasteiger partial charge in [0.15, 0.2) is 6.61 Å². The van der Waals surface area contributed by atoms with Gasteiger partial charge in [0.1, 0.15) is 5.75 Å². The largest absolute Gasteiger partial charge is 0.484 e. The van der Waals surface area contributed by atoms with Crippen LogP contribution in [0.2, 0.25) is 0 Å². The van der Waals surface area contributed by atoms with Crippen LogP contribution in [-0.2, 0) is 4.79 Å². The minimum absolute atomic E-state index is 0.0182. The summed E-state index contributed by atoms with van der Waals surface area (Å²) in [6, 6.07) is 9.23. The zero-order valence-electron chi connectivity index (χ0n) is 12.0. The van der Waals surface area contributed by atoms with Crippen molar-refractivity contribution in [3.05, 3.63) is 30.3 Å². The Morgan fingerprint density at radius 3 is 2.90 bits per heavy atom. The highest BCUT2D eigenvalue weighted by atomic mass is 16.5. The Hall–Kier alpha value is -1.55. The molecule has 4 nitrogen and oxygen atoms in total. The van der Waals surface area contributed by atoms with E-state index >= 15 is 0 Å². The molecule has 1 fully saturated rings. The zero-order chi connectivity index (χ0) is 14.4. The molecule has 0 saturated heterocycles. The van der Waals surface area contributed by atoms with Crippen LogP contribution < -0.4 is 10.1 Å². The van der Waals surface area contributed by atoms with Crippen LogP contribution in [-0.4, -0.2) is 29.8 Å². The van der Waals surface area contributed by atoms with Gasteiger partial charge in [-0.1, -0.05) is 38.0 Å². The normalized spacial score (nSPS) is 26.0. The minimum atomic E-state index is -0.750. The van der Waals surface area contributed by atoms with Crippen LogP contribution in [0.25, 0.3) is 0 Å². The standard InChI is InChI=1S/C16H23NO3/c1-13-6-5-9-16(19,10-13)12-17-15(18)11-20-14-7-3-2-4-8-14/h2-4,7-8,13,19H,5-6,9-12H2,1H3,(H,17,18). The number of amides is 1. The van der Waals surface area contributed by atoms with Crippen molar-refractivity contribution in [3.8, 4) is 5.75 Å². The number of rotatable bonds is 5. The number of benzene rings is 1. The molecular formula is C16H23NO3. The van der Waals surface area contributed by atoms with Gasteiger partial charge in [0, 0.05) is 6.54 Å². The summed E-state index contributed by atoms with van der Waals surface area (Å²) >= 11 is 0. The average molecular weight is 277 g/mol. The van der Waals surface area contributed by atoms with E-state index in [4.69, 9.17) is 4.74 Å². The maximum atomic E-state index is 11.7. The van der Waals surface area contributed by atoms with Gasteiger partial charge in [-0.2, -0.15) is 0 Å². The van der Waals surface area contributed by atoms with Gasteiger partial charge in [-0.05, 0) is 30.9 Å². The van der Waals surface area contributed by atoms with Gasteiger partial charge in [0.25, 0.3) is 5.91 Å². The molecule has 2 unspecified atom stereocenters. The molecule has 1 aromatic carbocycles. The van der Waals surface area contributed by atoms with Crippen molar-refractivity contribution in [2.24, 2.45) is 5.92 Å². The van der Waals surface area contributed by atoms with Gasteiger partial charge < -0.3 is 15.2 Å². The monoisotopic (exact) mass is 277 g/mol. The van der Waals surface area contributed by atoms with Crippen LogP contribution in [0.1, 0.15) is 32.6 Å². The first-order valence-corrected chi connectivity index (χ1v) is 7.24. The maximum absolute atomic E-state index is 11.7. The van der Waals surface area contributed by atoms with Crippen LogP contribution in [0, 0.1) is 5.92 Å². The number of ether oxygens (including phenoxy) is 1. The predicted octanol–water partition coefficient (Wildman–Crippen LogP) is 2.12. The van der Waals surface area contributed by atoms with Crippen molar-refractivity contribution >= 4 is 5.91 Å².